The van der Waals surface area contributed by atoms with Crippen LogP contribution in [-0.2, 0) is 14.3 Å². The molecule has 1 heterocycles. The highest BCUT2D eigenvalue weighted by atomic mass is 32.2. The lowest BCUT2D eigenvalue weighted by molar-refractivity contribution is -0.139. The molecule has 7 heteroatoms. The van der Waals surface area contributed by atoms with Gasteiger partial charge in [0.05, 0.1) is 24.1 Å². The molecule has 0 radical (unpaired) electrons. The number of carbonyl (C=O) groups excluding carboxylic acids is 2. The zero-order chi connectivity index (χ0) is 15.9. The molecule has 112 valence electrons. The first-order chi connectivity index (χ1) is 10.7. The molecular formula is C15H13N3O3S. The van der Waals surface area contributed by atoms with Gasteiger partial charge in [0, 0.05) is 0 Å². The number of nitrogens with zero attached hydrogens (tertiary/aromatic N) is 3. The van der Waals surface area contributed by atoms with Gasteiger partial charge in [0.25, 0.3) is 5.91 Å². The van der Waals surface area contributed by atoms with E-state index >= 15 is 0 Å². The van der Waals surface area contributed by atoms with E-state index in [1.54, 1.807) is 31.2 Å². The summed E-state index contributed by atoms with van der Waals surface area (Å²) in [4.78, 5) is 31.4. The summed E-state index contributed by atoms with van der Waals surface area (Å²) < 4.78 is 4.81. The molecule has 6 nitrogen and oxygen atoms in total. The summed E-state index contributed by atoms with van der Waals surface area (Å²) in [6.07, 6.45) is 0. The van der Waals surface area contributed by atoms with E-state index in [1.807, 2.05) is 12.1 Å². The van der Waals surface area contributed by atoms with E-state index in [0.717, 1.165) is 11.8 Å². The van der Waals surface area contributed by atoms with Crippen molar-refractivity contribution in [1.29, 1.82) is 5.26 Å². The quantitative estimate of drug-likeness (QED) is 0.790. The van der Waals surface area contributed by atoms with Crippen molar-refractivity contribution < 1.29 is 14.3 Å². The lowest BCUT2D eigenvalue weighted by Crippen LogP contribution is -2.27. The summed E-state index contributed by atoms with van der Waals surface area (Å²) >= 11 is 1.02. The second kappa shape index (κ2) is 7.52. The summed E-state index contributed by atoms with van der Waals surface area (Å²) in [6, 6.07) is 10.9. The largest absolute Gasteiger partial charge is 0.465 e. The van der Waals surface area contributed by atoms with Gasteiger partial charge in [-0.05, 0) is 12.5 Å². The van der Waals surface area contributed by atoms with Crippen LogP contribution in [0, 0.1) is 17.2 Å². The van der Waals surface area contributed by atoms with Gasteiger partial charge in [0.15, 0.2) is 11.1 Å². The second-order valence-electron chi connectivity index (χ2n) is 4.25. The first-order valence-corrected chi connectivity index (χ1v) is 7.58. The van der Waals surface area contributed by atoms with Crippen LogP contribution < -0.4 is 0 Å². The number of thioether (sulfide) groups is 1. The molecule has 0 saturated carbocycles. The Morgan fingerprint density at radius 3 is 2.73 bits per heavy atom. The minimum Gasteiger partial charge on any atom is -0.465 e. The van der Waals surface area contributed by atoms with Crippen LogP contribution in [0.3, 0.4) is 0 Å². The third-order valence-corrected chi connectivity index (χ3v) is 3.59. The molecule has 1 unspecified atom stereocenters. The van der Waals surface area contributed by atoms with Gasteiger partial charge in [0.2, 0.25) is 0 Å². The molecule has 0 spiro atoms. The van der Waals surface area contributed by atoms with Gasteiger partial charge in [-0.25, -0.2) is 4.99 Å². The number of hydrogen-bond acceptors (Lipinski definition) is 6. The van der Waals surface area contributed by atoms with Gasteiger partial charge in [-0.3, -0.25) is 9.59 Å². The Morgan fingerprint density at radius 2 is 2.09 bits per heavy atom. The van der Waals surface area contributed by atoms with Crippen LogP contribution >= 0.6 is 11.8 Å². The normalized spacial score (nSPS) is 17.3. The number of aliphatic imine (C=N–C) groups is 2. The number of esters is 1. The smallest absolute Gasteiger partial charge is 0.316 e. The number of nitriles is 1. The third-order valence-electron chi connectivity index (χ3n) is 2.77. The van der Waals surface area contributed by atoms with E-state index in [1.165, 1.54) is 0 Å². The van der Waals surface area contributed by atoms with Crippen LogP contribution in [0.25, 0.3) is 0 Å². The van der Waals surface area contributed by atoms with E-state index in [2.05, 4.69) is 9.98 Å². The molecule has 0 aromatic heterocycles. The Labute approximate surface area is 131 Å². The Morgan fingerprint density at radius 1 is 1.36 bits per heavy atom. The fourth-order valence-electron chi connectivity index (χ4n) is 1.82. The summed E-state index contributed by atoms with van der Waals surface area (Å²) in [7, 11) is 0. The van der Waals surface area contributed by atoms with E-state index in [4.69, 9.17) is 10.00 Å². The highest BCUT2D eigenvalue weighted by molar-refractivity contribution is 8.14. The lowest BCUT2D eigenvalue weighted by Gasteiger charge is -2.15. The molecule has 22 heavy (non-hydrogen) atoms. The van der Waals surface area contributed by atoms with E-state index in [0.29, 0.717) is 17.9 Å². The zero-order valence-electron chi connectivity index (χ0n) is 11.9. The molecule has 0 bridgehead atoms. The fraction of sp³-hybridized carbons (Fsp3) is 0.267. The first kappa shape index (κ1) is 15.9. The molecule has 1 atom stereocenters. The average molecular weight is 315 g/mol. The Kier molecular flexibility index (Phi) is 5.44. The van der Waals surface area contributed by atoms with Crippen LogP contribution in [-0.4, -0.2) is 35.1 Å². The number of carbonyl (C=O) groups is 2. The van der Waals surface area contributed by atoms with Crippen LogP contribution in [0.15, 0.2) is 40.3 Å². The van der Waals surface area contributed by atoms with Crippen molar-refractivity contribution in [1.82, 2.24) is 0 Å². The molecule has 1 aliphatic rings. The van der Waals surface area contributed by atoms with Crippen LogP contribution in [0.2, 0.25) is 0 Å². The zero-order valence-corrected chi connectivity index (χ0v) is 12.7. The number of benzene rings is 1. The molecule has 0 N–H and O–H groups in total. The summed E-state index contributed by atoms with van der Waals surface area (Å²) in [5.74, 6) is -1.97. The average Bonchev–Trinajstić information content (AvgIpc) is 2.53. The minimum atomic E-state index is -1.02. The fourth-order valence-corrected chi connectivity index (χ4v) is 2.46. The van der Waals surface area contributed by atoms with Crippen molar-refractivity contribution in [3.63, 3.8) is 0 Å². The third kappa shape index (κ3) is 3.80. The first-order valence-electron chi connectivity index (χ1n) is 6.60. The number of amides is 1. The standard InChI is InChI=1S/C15H13N3O3S/c1-2-21-12(19)9-22-15-17-13(10-6-4-3-5-7-10)11(8-16)14(20)18-15/h3-7,11H,2,9H2,1H3. The summed E-state index contributed by atoms with van der Waals surface area (Å²) in [5, 5.41) is 9.34. The van der Waals surface area contributed by atoms with E-state index in [-0.39, 0.29) is 10.9 Å². The predicted molar refractivity (Wildman–Crippen MR) is 83.6 cm³/mol. The van der Waals surface area contributed by atoms with Gasteiger partial charge in [0.1, 0.15) is 0 Å². The minimum absolute atomic E-state index is 0.0166. The maximum absolute atomic E-state index is 12.0. The Balaban J connectivity index is 2.22. The maximum Gasteiger partial charge on any atom is 0.316 e. The van der Waals surface area contributed by atoms with E-state index < -0.39 is 17.8 Å². The number of rotatable bonds is 4. The Hall–Kier alpha value is -2.46. The highest BCUT2D eigenvalue weighted by Gasteiger charge is 2.30. The van der Waals surface area contributed by atoms with Crippen molar-refractivity contribution in [2.24, 2.45) is 15.9 Å². The predicted octanol–water partition coefficient (Wildman–Crippen LogP) is 1.81. The Bertz CT molecular complexity index is 677. The van der Waals surface area contributed by atoms with Crippen LogP contribution in [0.1, 0.15) is 12.5 Å². The maximum atomic E-state index is 12.0. The van der Waals surface area contributed by atoms with Gasteiger partial charge in [-0.1, -0.05) is 42.1 Å². The molecule has 0 saturated heterocycles. The molecule has 1 aliphatic heterocycles. The number of hydrogen-bond donors (Lipinski definition) is 0. The lowest BCUT2D eigenvalue weighted by atomic mass is 9.96. The summed E-state index contributed by atoms with van der Waals surface area (Å²) in [5.41, 5.74) is 1.04. The molecule has 1 amide bonds. The van der Waals surface area contributed by atoms with Gasteiger partial charge >= 0.3 is 5.97 Å². The van der Waals surface area contributed by atoms with Gasteiger partial charge < -0.3 is 4.74 Å². The van der Waals surface area contributed by atoms with Crippen LogP contribution in [0.5, 0.6) is 0 Å². The number of amidine groups is 1. The molecule has 1 aromatic carbocycles. The van der Waals surface area contributed by atoms with Crippen molar-refractivity contribution in [2.45, 2.75) is 6.92 Å². The van der Waals surface area contributed by atoms with Crippen molar-refractivity contribution in [3.05, 3.63) is 35.9 Å². The van der Waals surface area contributed by atoms with Crippen molar-refractivity contribution in [2.75, 3.05) is 12.4 Å². The SMILES string of the molecule is CCOC(=O)CSC1=NC(=O)C(C#N)C(c2ccccc2)=N1. The molecule has 2 rings (SSSR count). The molecular weight excluding hydrogens is 302 g/mol. The molecule has 1 aromatic rings. The molecule has 0 aliphatic carbocycles. The van der Waals surface area contributed by atoms with Crippen molar-refractivity contribution >= 4 is 34.5 Å². The monoisotopic (exact) mass is 315 g/mol. The summed E-state index contributed by atoms with van der Waals surface area (Å²) in [6.45, 7) is 2.01. The highest BCUT2D eigenvalue weighted by Crippen LogP contribution is 2.20. The van der Waals surface area contributed by atoms with Gasteiger partial charge in [-0.15, -0.1) is 0 Å². The van der Waals surface area contributed by atoms with E-state index in [9.17, 15) is 9.59 Å². The van der Waals surface area contributed by atoms with Crippen molar-refractivity contribution in [3.8, 4) is 6.07 Å². The second-order valence-corrected chi connectivity index (χ2v) is 5.19. The topological polar surface area (TPSA) is 91.9 Å². The van der Waals surface area contributed by atoms with Crippen LogP contribution in [0.4, 0.5) is 0 Å². The number of ether oxygens (including phenoxy) is 1. The van der Waals surface area contributed by atoms with Gasteiger partial charge in [-0.2, -0.15) is 10.3 Å². The molecule has 0 fully saturated rings.